The van der Waals surface area contributed by atoms with Crippen LogP contribution in [0.15, 0.2) is 36.5 Å². The topological polar surface area (TPSA) is 49.8 Å². The van der Waals surface area contributed by atoms with Gasteiger partial charge in [0, 0.05) is 18.3 Å². The van der Waals surface area contributed by atoms with Crippen LogP contribution in [0.4, 0.5) is 11.8 Å². The minimum atomic E-state index is -0.0461. The molecule has 4 heteroatoms. The molecule has 2 N–H and O–H groups in total. The maximum atomic E-state index is 4.46. The fourth-order valence-electron chi connectivity index (χ4n) is 1.75. The highest BCUT2D eigenvalue weighted by atomic mass is 15.2. The van der Waals surface area contributed by atoms with E-state index in [1.165, 1.54) is 11.1 Å². The van der Waals surface area contributed by atoms with Crippen molar-refractivity contribution < 1.29 is 0 Å². The number of aryl methyl sites for hydroxylation is 1. The Labute approximate surface area is 120 Å². The second kappa shape index (κ2) is 5.90. The first-order valence-electron chi connectivity index (χ1n) is 6.83. The molecule has 2 rings (SSSR count). The standard InChI is InChI=1S/C16H22N4/c1-12-5-7-13(8-6-12)11-18-14-9-10-17-15(19-14)20-16(2,3)4/h5-10H,11H2,1-4H3,(H2,17,18,19,20). The minimum Gasteiger partial charge on any atom is -0.366 e. The lowest BCUT2D eigenvalue weighted by atomic mass is 10.1. The first-order chi connectivity index (χ1) is 9.42. The van der Waals surface area contributed by atoms with E-state index in [4.69, 9.17) is 0 Å². The van der Waals surface area contributed by atoms with Gasteiger partial charge in [0.05, 0.1) is 0 Å². The van der Waals surface area contributed by atoms with Crippen LogP contribution in [0, 0.1) is 6.92 Å². The lowest BCUT2D eigenvalue weighted by Crippen LogP contribution is -2.27. The Balaban J connectivity index is 1.99. The predicted molar refractivity (Wildman–Crippen MR) is 83.9 cm³/mol. The number of hydrogen-bond donors (Lipinski definition) is 2. The monoisotopic (exact) mass is 270 g/mol. The number of nitrogens with one attached hydrogen (secondary N) is 2. The quantitative estimate of drug-likeness (QED) is 0.891. The average molecular weight is 270 g/mol. The Morgan fingerprint density at radius 2 is 1.75 bits per heavy atom. The van der Waals surface area contributed by atoms with Gasteiger partial charge in [-0.25, -0.2) is 4.98 Å². The summed E-state index contributed by atoms with van der Waals surface area (Å²) in [5, 5.41) is 6.58. The van der Waals surface area contributed by atoms with Crippen molar-refractivity contribution in [2.45, 2.75) is 39.8 Å². The molecule has 0 aliphatic heterocycles. The second-order valence-electron chi connectivity index (χ2n) is 5.98. The third kappa shape index (κ3) is 4.53. The number of rotatable bonds is 4. The van der Waals surface area contributed by atoms with Gasteiger partial charge in [0.25, 0.3) is 0 Å². The van der Waals surface area contributed by atoms with Crippen molar-refractivity contribution >= 4 is 11.8 Å². The van der Waals surface area contributed by atoms with Crippen LogP contribution in [0.5, 0.6) is 0 Å². The molecule has 0 radical (unpaired) electrons. The fourth-order valence-corrected chi connectivity index (χ4v) is 1.75. The minimum absolute atomic E-state index is 0.0461. The first-order valence-corrected chi connectivity index (χ1v) is 6.83. The molecular formula is C16H22N4. The average Bonchev–Trinajstić information content (AvgIpc) is 2.36. The summed E-state index contributed by atoms with van der Waals surface area (Å²) in [4.78, 5) is 8.69. The van der Waals surface area contributed by atoms with Gasteiger partial charge >= 0.3 is 0 Å². The maximum Gasteiger partial charge on any atom is 0.224 e. The lowest BCUT2D eigenvalue weighted by Gasteiger charge is -2.20. The molecule has 0 unspecified atom stereocenters. The van der Waals surface area contributed by atoms with Crippen molar-refractivity contribution in [3.63, 3.8) is 0 Å². The first kappa shape index (κ1) is 14.3. The Bertz CT molecular complexity index is 555. The van der Waals surface area contributed by atoms with E-state index in [1.54, 1.807) is 6.20 Å². The molecule has 20 heavy (non-hydrogen) atoms. The third-order valence-electron chi connectivity index (χ3n) is 2.74. The molecular weight excluding hydrogens is 248 g/mol. The molecule has 0 saturated heterocycles. The van der Waals surface area contributed by atoms with E-state index in [2.05, 4.69) is 72.6 Å². The van der Waals surface area contributed by atoms with E-state index < -0.39 is 0 Å². The highest BCUT2D eigenvalue weighted by Gasteiger charge is 2.11. The molecule has 1 aromatic carbocycles. The Kier molecular flexibility index (Phi) is 4.23. The molecule has 0 amide bonds. The zero-order valence-corrected chi connectivity index (χ0v) is 12.6. The van der Waals surface area contributed by atoms with E-state index in [-0.39, 0.29) is 5.54 Å². The van der Waals surface area contributed by atoms with Gasteiger partial charge in [-0.2, -0.15) is 4.98 Å². The van der Waals surface area contributed by atoms with Crippen molar-refractivity contribution in [3.05, 3.63) is 47.7 Å². The highest BCUT2D eigenvalue weighted by molar-refractivity contribution is 5.41. The van der Waals surface area contributed by atoms with E-state index in [0.29, 0.717) is 5.95 Å². The summed E-state index contributed by atoms with van der Waals surface area (Å²) < 4.78 is 0. The molecule has 0 spiro atoms. The lowest BCUT2D eigenvalue weighted by molar-refractivity contribution is 0.626. The van der Waals surface area contributed by atoms with Crippen LogP contribution in [-0.4, -0.2) is 15.5 Å². The van der Waals surface area contributed by atoms with Crippen LogP contribution in [0.3, 0.4) is 0 Å². The second-order valence-corrected chi connectivity index (χ2v) is 5.98. The maximum absolute atomic E-state index is 4.46. The van der Waals surface area contributed by atoms with Crippen molar-refractivity contribution in [2.75, 3.05) is 10.6 Å². The van der Waals surface area contributed by atoms with E-state index in [0.717, 1.165) is 12.4 Å². The Morgan fingerprint density at radius 3 is 2.40 bits per heavy atom. The number of hydrogen-bond acceptors (Lipinski definition) is 4. The van der Waals surface area contributed by atoms with Crippen LogP contribution < -0.4 is 10.6 Å². The molecule has 2 aromatic rings. The van der Waals surface area contributed by atoms with Crippen LogP contribution in [-0.2, 0) is 6.54 Å². The van der Waals surface area contributed by atoms with Crippen LogP contribution in [0.1, 0.15) is 31.9 Å². The summed E-state index contributed by atoms with van der Waals surface area (Å²) in [6, 6.07) is 10.4. The van der Waals surface area contributed by atoms with Crippen molar-refractivity contribution in [1.29, 1.82) is 0 Å². The van der Waals surface area contributed by atoms with Gasteiger partial charge in [-0.1, -0.05) is 29.8 Å². The molecule has 106 valence electrons. The SMILES string of the molecule is Cc1ccc(CNc2ccnc(NC(C)(C)C)n2)cc1. The number of anilines is 2. The molecule has 4 nitrogen and oxygen atoms in total. The molecule has 0 aliphatic rings. The van der Waals surface area contributed by atoms with Gasteiger partial charge in [0.1, 0.15) is 5.82 Å². The molecule has 0 aliphatic carbocycles. The van der Waals surface area contributed by atoms with Crippen LogP contribution >= 0.6 is 0 Å². The van der Waals surface area contributed by atoms with Crippen molar-refractivity contribution in [2.24, 2.45) is 0 Å². The molecule has 0 fully saturated rings. The summed E-state index contributed by atoms with van der Waals surface area (Å²) in [7, 11) is 0. The summed E-state index contributed by atoms with van der Waals surface area (Å²) in [5.74, 6) is 1.47. The molecule has 0 saturated carbocycles. The van der Waals surface area contributed by atoms with E-state index >= 15 is 0 Å². The van der Waals surface area contributed by atoms with Crippen LogP contribution in [0.25, 0.3) is 0 Å². The van der Waals surface area contributed by atoms with E-state index in [9.17, 15) is 0 Å². The summed E-state index contributed by atoms with van der Waals surface area (Å²) >= 11 is 0. The largest absolute Gasteiger partial charge is 0.366 e. The van der Waals surface area contributed by atoms with Gasteiger partial charge in [-0.05, 0) is 39.3 Å². The fraction of sp³-hybridized carbons (Fsp3) is 0.375. The summed E-state index contributed by atoms with van der Waals surface area (Å²) in [6.45, 7) is 9.10. The molecule has 0 bridgehead atoms. The number of aromatic nitrogens is 2. The van der Waals surface area contributed by atoms with Crippen molar-refractivity contribution in [1.82, 2.24) is 9.97 Å². The van der Waals surface area contributed by atoms with Gasteiger partial charge in [0.2, 0.25) is 5.95 Å². The Morgan fingerprint density at radius 1 is 1.05 bits per heavy atom. The molecule has 1 heterocycles. The number of nitrogens with zero attached hydrogens (tertiary/aromatic N) is 2. The van der Waals surface area contributed by atoms with E-state index in [1.807, 2.05) is 6.07 Å². The van der Waals surface area contributed by atoms with Crippen molar-refractivity contribution in [3.8, 4) is 0 Å². The molecule has 1 aromatic heterocycles. The summed E-state index contributed by atoms with van der Waals surface area (Å²) in [5.41, 5.74) is 2.46. The normalized spacial score (nSPS) is 11.2. The third-order valence-corrected chi connectivity index (χ3v) is 2.74. The van der Waals surface area contributed by atoms with Gasteiger partial charge in [-0.15, -0.1) is 0 Å². The zero-order chi connectivity index (χ0) is 14.6. The van der Waals surface area contributed by atoms with Gasteiger partial charge in [-0.3, -0.25) is 0 Å². The Hall–Kier alpha value is -2.10. The smallest absolute Gasteiger partial charge is 0.224 e. The van der Waals surface area contributed by atoms with Crippen LogP contribution in [0.2, 0.25) is 0 Å². The van der Waals surface area contributed by atoms with Gasteiger partial charge < -0.3 is 10.6 Å². The van der Waals surface area contributed by atoms with Gasteiger partial charge in [0.15, 0.2) is 0 Å². The predicted octanol–water partition coefficient (Wildman–Crippen LogP) is 3.61. The summed E-state index contributed by atoms with van der Waals surface area (Å²) in [6.07, 6.45) is 1.76. The molecule has 0 atom stereocenters. The highest BCUT2D eigenvalue weighted by Crippen LogP contribution is 2.13. The number of benzene rings is 1. The zero-order valence-electron chi connectivity index (χ0n) is 12.6.